The van der Waals surface area contributed by atoms with Crippen molar-refractivity contribution in [1.82, 2.24) is 4.57 Å². The Labute approximate surface area is 167 Å². The maximum atomic E-state index is 3.87. The van der Waals surface area contributed by atoms with Crippen LogP contribution >= 0.6 is 0 Å². The van der Waals surface area contributed by atoms with Gasteiger partial charge in [0.15, 0.2) is 0 Å². The second-order valence-corrected chi connectivity index (χ2v) is 7.06. The van der Waals surface area contributed by atoms with Gasteiger partial charge in [-0.3, -0.25) is 0 Å². The van der Waals surface area contributed by atoms with E-state index >= 15 is 0 Å². The molecule has 0 aliphatic heterocycles. The van der Waals surface area contributed by atoms with E-state index in [-0.39, 0.29) is 0 Å². The Morgan fingerprint density at radius 2 is 1.14 bits per heavy atom. The van der Waals surface area contributed by atoms with Gasteiger partial charge in [-0.15, -0.1) is 6.58 Å². The van der Waals surface area contributed by atoms with Crippen molar-refractivity contribution in [3.63, 3.8) is 0 Å². The summed E-state index contributed by atoms with van der Waals surface area (Å²) in [6, 6.07) is 34.6. The number of hydrogen-bond donors (Lipinski definition) is 0. The summed E-state index contributed by atoms with van der Waals surface area (Å²) in [4.78, 5) is 0. The van der Waals surface area contributed by atoms with Crippen LogP contribution in [-0.2, 0) is 12.0 Å². The van der Waals surface area contributed by atoms with Crippen molar-refractivity contribution in [2.45, 2.75) is 18.4 Å². The monoisotopic (exact) mass is 363 g/mol. The largest absolute Gasteiger partial charge is 0.336 e. The number of allylic oxidation sites excluding steroid dienone is 1. The Morgan fingerprint density at radius 3 is 1.57 bits per heavy atom. The third kappa shape index (κ3) is 3.20. The lowest BCUT2D eigenvalue weighted by molar-refractivity contribution is 0.516. The summed E-state index contributed by atoms with van der Waals surface area (Å²) in [5, 5.41) is 0. The minimum Gasteiger partial charge on any atom is -0.336 e. The number of aromatic nitrogens is 1. The Hall–Kier alpha value is -3.32. The van der Waals surface area contributed by atoms with Gasteiger partial charge in [-0.2, -0.15) is 0 Å². The number of aryl methyl sites for hydroxylation is 1. The molecule has 1 nitrogen and oxygen atoms in total. The Morgan fingerprint density at radius 1 is 0.679 bits per heavy atom. The van der Waals surface area contributed by atoms with Crippen LogP contribution < -0.4 is 0 Å². The first kappa shape index (κ1) is 18.1. The number of rotatable bonds is 7. The molecule has 4 aromatic rings. The van der Waals surface area contributed by atoms with Gasteiger partial charge in [-0.25, -0.2) is 0 Å². The maximum Gasteiger partial charge on any atom is 0.120 e. The molecule has 1 aromatic heterocycles. The van der Waals surface area contributed by atoms with Gasteiger partial charge >= 0.3 is 0 Å². The molecule has 0 amide bonds. The van der Waals surface area contributed by atoms with Gasteiger partial charge in [0.25, 0.3) is 0 Å². The van der Waals surface area contributed by atoms with Gasteiger partial charge in [-0.1, -0.05) is 97.1 Å². The van der Waals surface area contributed by atoms with Crippen LogP contribution in [0.3, 0.4) is 0 Å². The molecular formula is C27H25N. The molecule has 0 fully saturated rings. The van der Waals surface area contributed by atoms with Crippen LogP contribution in [0.5, 0.6) is 0 Å². The van der Waals surface area contributed by atoms with Crippen molar-refractivity contribution in [2.75, 3.05) is 0 Å². The average Bonchev–Trinajstić information content (AvgIpc) is 3.24. The molecule has 0 saturated carbocycles. The Balaban J connectivity index is 2.01. The van der Waals surface area contributed by atoms with Crippen LogP contribution in [0, 0.1) is 0 Å². The lowest BCUT2D eigenvalue weighted by Crippen LogP contribution is -2.36. The molecule has 1 heteroatoms. The van der Waals surface area contributed by atoms with Crippen LogP contribution in [0.25, 0.3) is 0 Å². The van der Waals surface area contributed by atoms with Crippen molar-refractivity contribution in [1.29, 1.82) is 0 Å². The van der Waals surface area contributed by atoms with E-state index in [1.165, 1.54) is 22.3 Å². The normalized spacial score (nSPS) is 11.3. The number of benzene rings is 3. The number of hydrogen-bond acceptors (Lipinski definition) is 0. The second kappa shape index (κ2) is 8.14. The summed E-state index contributed by atoms with van der Waals surface area (Å²) >= 11 is 0. The van der Waals surface area contributed by atoms with Crippen molar-refractivity contribution >= 4 is 0 Å². The summed E-state index contributed by atoms with van der Waals surface area (Å²) in [5.41, 5.74) is 4.65. The summed E-state index contributed by atoms with van der Waals surface area (Å²) in [7, 11) is 0. The second-order valence-electron chi connectivity index (χ2n) is 7.06. The molecule has 0 radical (unpaired) electrons. The maximum absolute atomic E-state index is 3.87. The molecule has 3 aromatic carbocycles. The molecule has 0 unspecified atom stereocenters. The molecule has 0 atom stereocenters. The zero-order chi connectivity index (χ0) is 19.2. The average molecular weight is 364 g/mol. The molecule has 28 heavy (non-hydrogen) atoms. The molecular weight excluding hydrogens is 338 g/mol. The van der Waals surface area contributed by atoms with Gasteiger partial charge in [0, 0.05) is 12.4 Å². The van der Waals surface area contributed by atoms with Gasteiger partial charge in [0.1, 0.15) is 5.54 Å². The number of nitrogens with zero attached hydrogens (tertiary/aromatic N) is 1. The molecule has 0 bridgehead atoms. The SMILES string of the molecule is C=CCCc1ccn(C(c2ccccc2)(c2ccccc2)c2ccccc2)c1. The fourth-order valence-corrected chi connectivity index (χ4v) is 4.05. The van der Waals surface area contributed by atoms with E-state index in [1.54, 1.807) is 0 Å². The van der Waals surface area contributed by atoms with E-state index in [4.69, 9.17) is 0 Å². The topological polar surface area (TPSA) is 4.93 Å². The minimum atomic E-state index is -0.420. The predicted molar refractivity (Wildman–Crippen MR) is 118 cm³/mol. The summed E-state index contributed by atoms with van der Waals surface area (Å²) in [5.74, 6) is 0. The standard InChI is InChI=1S/C27H25N/c1-2-3-13-23-20-21-28(22-23)27(24-14-7-4-8-15-24,25-16-9-5-10-17-25)26-18-11-6-12-19-26/h2,4-12,14-22H,1,3,13H2. The van der Waals surface area contributed by atoms with Crippen molar-refractivity contribution in [3.05, 3.63) is 144 Å². The predicted octanol–water partition coefficient (Wildman–Crippen LogP) is 6.45. The first-order chi connectivity index (χ1) is 13.9. The van der Waals surface area contributed by atoms with Crippen LogP contribution in [0.15, 0.2) is 122 Å². The fourth-order valence-electron chi connectivity index (χ4n) is 4.05. The summed E-state index contributed by atoms with van der Waals surface area (Å²) in [6.07, 6.45) is 8.47. The van der Waals surface area contributed by atoms with E-state index in [0.29, 0.717) is 0 Å². The zero-order valence-electron chi connectivity index (χ0n) is 16.0. The first-order valence-corrected chi connectivity index (χ1v) is 9.80. The molecule has 1 heterocycles. The quantitative estimate of drug-likeness (QED) is 0.263. The molecule has 0 saturated heterocycles. The highest BCUT2D eigenvalue weighted by atomic mass is 15.0. The van der Waals surface area contributed by atoms with E-state index in [0.717, 1.165) is 12.8 Å². The molecule has 4 rings (SSSR count). The molecule has 0 aliphatic rings. The van der Waals surface area contributed by atoms with Gasteiger partial charge in [0.05, 0.1) is 0 Å². The third-order valence-corrected chi connectivity index (χ3v) is 5.35. The van der Waals surface area contributed by atoms with E-state index in [9.17, 15) is 0 Å². The third-order valence-electron chi connectivity index (χ3n) is 5.35. The van der Waals surface area contributed by atoms with Gasteiger partial charge < -0.3 is 4.57 Å². The highest BCUT2D eigenvalue weighted by Crippen LogP contribution is 2.41. The smallest absolute Gasteiger partial charge is 0.120 e. The van der Waals surface area contributed by atoms with Crippen LogP contribution in [0.1, 0.15) is 28.7 Å². The van der Waals surface area contributed by atoms with E-state index in [2.05, 4.69) is 121 Å². The lowest BCUT2D eigenvalue weighted by Gasteiger charge is -2.37. The highest BCUT2D eigenvalue weighted by Gasteiger charge is 2.37. The summed E-state index contributed by atoms with van der Waals surface area (Å²) in [6.45, 7) is 3.87. The van der Waals surface area contributed by atoms with E-state index < -0.39 is 5.54 Å². The Kier molecular flexibility index (Phi) is 5.25. The fraction of sp³-hybridized carbons (Fsp3) is 0.111. The Bertz CT molecular complexity index is 917. The van der Waals surface area contributed by atoms with Gasteiger partial charge in [0.2, 0.25) is 0 Å². The molecule has 0 N–H and O–H groups in total. The summed E-state index contributed by atoms with van der Waals surface area (Å²) < 4.78 is 2.37. The zero-order valence-corrected chi connectivity index (χ0v) is 16.0. The first-order valence-electron chi connectivity index (χ1n) is 9.80. The van der Waals surface area contributed by atoms with Crippen molar-refractivity contribution < 1.29 is 0 Å². The van der Waals surface area contributed by atoms with Crippen molar-refractivity contribution in [3.8, 4) is 0 Å². The van der Waals surface area contributed by atoms with Crippen LogP contribution in [0.4, 0.5) is 0 Å². The highest BCUT2D eigenvalue weighted by molar-refractivity contribution is 5.51. The van der Waals surface area contributed by atoms with E-state index in [1.807, 2.05) is 6.08 Å². The molecule has 0 spiro atoms. The molecule has 138 valence electrons. The van der Waals surface area contributed by atoms with Crippen LogP contribution in [0.2, 0.25) is 0 Å². The lowest BCUT2D eigenvalue weighted by atomic mass is 9.77. The molecule has 0 aliphatic carbocycles. The van der Waals surface area contributed by atoms with Crippen LogP contribution in [-0.4, -0.2) is 4.57 Å². The van der Waals surface area contributed by atoms with Crippen molar-refractivity contribution in [2.24, 2.45) is 0 Å². The minimum absolute atomic E-state index is 0.420. The van der Waals surface area contributed by atoms with Gasteiger partial charge in [-0.05, 0) is 41.2 Å².